The number of carbonyl (C=O) groups is 1. The highest BCUT2D eigenvalue weighted by Crippen LogP contribution is 2.55. The molecule has 28 heavy (non-hydrogen) atoms. The highest BCUT2D eigenvalue weighted by molar-refractivity contribution is 5.92. The summed E-state index contributed by atoms with van der Waals surface area (Å²) in [5.41, 5.74) is 3.03. The Balaban J connectivity index is 1.38. The van der Waals surface area contributed by atoms with E-state index in [0.29, 0.717) is 5.82 Å². The van der Waals surface area contributed by atoms with E-state index in [9.17, 15) is 4.79 Å². The first-order valence-corrected chi connectivity index (χ1v) is 10.5. The van der Waals surface area contributed by atoms with Crippen LogP contribution in [0.4, 0.5) is 0 Å². The fraction of sp³-hybridized carbons (Fsp3) is 0.435. The highest BCUT2D eigenvalue weighted by Gasteiger charge is 2.52. The molecule has 4 fully saturated rings. The van der Waals surface area contributed by atoms with Crippen LogP contribution in [0, 0.1) is 17.8 Å². The number of pyridine rings is 2. The number of imidazole rings is 1. The van der Waals surface area contributed by atoms with E-state index < -0.39 is 0 Å². The number of rotatable bonds is 3. The molecule has 5 heteroatoms. The first-order chi connectivity index (χ1) is 13.7. The van der Waals surface area contributed by atoms with Crippen LogP contribution in [0.15, 0.2) is 48.9 Å². The smallest absolute Gasteiger partial charge is 0.340 e. The molecule has 3 aromatic heterocycles. The molecule has 4 aliphatic rings. The maximum atomic E-state index is 13.4. The minimum Gasteiger partial charge on any atom is -0.340 e. The van der Waals surface area contributed by atoms with Gasteiger partial charge in [0, 0.05) is 11.6 Å². The molecule has 4 bridgehead atoms. The maximum Gasteiger partial charge on any atom is 0.351 e. The van der Waals surface area contributed by atoms with Gasteiger partial charge in [0.1, 0.15) is 0 Å². The molecule has 0 saturated heterocycles. The van der Waals surface area contributed by atoms with Crippen molar-refractivity contribution < 1.29 is 14.2 Å². The fourth-order valence-electron chi connectivity index (χ4n) is 6.58. The van der Waals surface area contributed by atoms with Crippen LogP contribution in [0.2, 0.25) is 0 Å². The molecule has 4 saturated carbocycles. The number of amides is 1. The summed E-state index contributed by atoms with van der Waals surface area (Å²) in [6.07, 6.45) is 13.4. The second-order valence-electron chi connectivity index (χ2n) is 9.25. The third kappa shape index (κ3) is 2.49. The molecule has 0 aromatic carbocycles. The van der Waals surface area contributed by atoms with Crippen LogP contribution in [-0.2, 0) is 0 Å². The topological polar surface area (TPSA) is 63.1 Å². The molecule has 3 heterocycles. The van der Waals surface area contributed by atoms with E-state index >= 15 is 0 Å². The van der Waals surface area contributed by atoms with Crippen LogP contribution in [0.5, 0.6) is 0 Å². The van der Waals surface area contributed by atoms with Crippen LogP contribution < -0.4 is 14.7 Å². The Morgan fingerprint density at radius 3 is 2.50 bits per heavy atom. The summed E-state index contributed by atoms with van der Waals surface area (Å²) in [7, 11) is 0. The van der Waals surface area contributed by atoms with Crippen molar-refractivity contribution in [2.45, 2.75) is 44.1 Å². The number of fused-ring (bicyclic) bond motifs is 1. The number of nitrogens with one attached hydrogen (secondary N) is 3. The molecular formula is C23H26N4O+2. The van der Waals surface area contributed by atoms with Gasteiger partial charge in [-0.1, -0.05) is 6.07 Å². The van der Waals surface area contributed by atoms with Gasteiger partial charge in [0.25, 0.3) is 0 Å². The average molecular weight is 374 g/mol. The zero-order valence-corrected chi connectivity index (χ0v) is 15.9. The first kappa shape index (κ1) is 16.3. The van der Waals surface area contributed by atoms with Crippen molar-refractivity contribution in [2.75, 3.05) is 0 Å². The summed E-state index contributed by atoms with van der Waals surface area (Å²) in [5, 5.41) is 3.50. The summed E-state index contributed by atoms with van der Waals surface area (Å²) < 4.78 is 1.98. The molecule has 3 aromatic rings. The maximum absolute atomic E-state index is 13.4. The average Bonchev–Trinajstić information content (AvgIpc) is 3.07. The lowest BCUT2D eigenvalue weighted by molar-refractivity contribution is -0.514. The van der Waals surface area contributed by atoms with Gasteiger partial charge in [0.2, 0.25) is 0 Å². The van der Waals surface area contributed by atoms with Gasteiger partial charge in [-0.3, -0.25) is 4.79 Å². The van der Waals surface area contributed by atoms with E-state index in [-0.39, 0.29) is 11.4 Å². The molecule has 4 aliphatic carbocycles. The molecule has 0 unspecified atom stereocenters. The van der Waals surface area contributed by atoms with E-state index in [2.05, 4.69) is 27.4 Å². The lowest BCUT2D eigenvalue weighted by Crippen LogP contribution is -2.60. The van der Waals surface area contributed by atoms with Gasteiger partial charge >= 0.3 is 11.7 Å². The molecule has 1 amide bonds. The summed E-state index contributed by atoms with van der Waals surface area (Å²) in [5.74, 6) is 3.08. The van der Waals surface area contributed by atoms with Gasteiger partial charge in [-0.15, -0.1) is 0 Å². The molecule has 0 atom stereocenters. The second-order valence-corrected chi connectivity index (χ2v) is 9.25. The number of aromatic nitrogens is 3. The van der Waals surface area contributed by atoms with Crippen molar-refractivity contribution in [3.63, 3.8) is 0 Å². The van der Waals surface area contributed by atoms with E-state index in [1.807, 2.05) is 41.2 Å². The van der Waals surface area contributed by atoms with Gasteiger partial charge in [-0.05, 0) is 74.5 Å². The van der Waals surface area contributed by atoms with Crippen LogP contribution in [-0.4, -0.2) is 16.4 Å². The van der Waals surface area contributed by atoms with Gasteiger partial charge in [-0.25, -0.2) is 9.97 Å². The number of carbonyl (C=O) groups excluding carboxylic acids is 1. The fourth-order valence-corrected chi connectivity index (χ4v) is 6.58. The van der Waals surface area contributed by atoms with Crippen molar-refractivity contribution in [1.82, 2.24) is 10.3 Å². The second kappa shape index (κ2) is 5.90. The normalized spacial score (nSPS) is 30.6. The lowest BCUT2D eigenvalue weighted by atomic mass is 9.53. The molecule has 3 N–H and O–H groups in total. The number of aromatic amines is 2. The molecule has 5 nitrogen and oxygen atoms in total. The SMILES string of the molecule is O=C(NC12CC3CC(CC(C3)C1)C2)c1[nH]c(-c2ccc[nH+]c2)c2cccc[n+]12. The van der Waals surface area contributed by atoms with Crippen LogP contribution in [0.3, 0.4) is 0 Å². The largest absolute Gasteiger partial charge is 0.351 e. The predicted octanol–water partition coefficient (Wildman–Crippen LogP) is 2.93. The van der Waals surface area contributed by atoms with Crippen LogP contribution in [0.1, 0.15) is 49.1 Å². The minimum atomic E-state index is 0.0132. The Labute approximate surface area is 164 Å². The Morgan fingerprint density at radius 1 is 1.07 bits per heavy atom. The Kier molecular flexibility index (Phi) is 3.43. The van der Waals surface area contributed by atoms with E-state index in [1.165, 1.54) is 19.3 Å². The van der Waals surface area contributed by atoms with Crippen molar-refractivity contribution in [1.29, 1.82) is 0 Å². The first-order valence-electron chi connectivity index (χ1n) is 10.5. The molecule has 0 spiro atoms. The summed E-state index contributed by atoms with van der Waals surface area (Å²) >= 11 is 0. The van der Waals surface area contributed by atoms with Crippen molar-refractivity contribution >= 4 is 11.4 Å². The summed E-state index contributed by atoms with van der Waals surface area (Å²) in [6, 6.07) is 10.1. The number of H-pyrrole nitrogens is 2. The minimum absolute atomic E-state index is 0.0132. The van der Waals surface area contributed by atoms with Gasteiger partial charge in [0.05, 0.1) is 11.8 Å². The van der Waals surface area contributed by atoms with Crippen LogP contribution in [0.25, 0.3) is 16.8 Å². The Hall–Kier alpha value is -2.69. The third-order valence-electron chi connectivity index (χ3n) is 7.23. The summed E-state index contributed by atoms with van der Waals surface area (Å²) in [4.78, 5) is 20.0. The lowest BCUT2D eigenvalue weighted by Gasteiger charge is -2.56. The van der Waals surface area contributed by atoms with Crippen molar-refractivity contribution in [3.8, 4) is 11.3 Å². The Morgan fingerprint density at radius 2 is 1.82 bits per heavy atom. The zero-order valence-electron chi connectivity index (χ0n) is 15.9. The summed E-state index contributed by atoms with van der Waals surface area (Å²) in [6.45, 7) is 0. The standard InChI is InChI=1S/C23H24N4O/c28-22(26-23-11-15-8-16(12-23)10-17(9-15)13-23)21-25-20(18-4-3-6-24-14-18)19-5-1-2-7-27(19)21/h1-7,14-17H,8-13H2,(H,26,28)/p+2. The molecule has 0 radical (unpaired) electrons. The number of hydrogen-bond donors (Lipinski definition) is 2. The van der Waals surface area contributed by atoms with Crippen molar-refractivity contribution in [2.24, 2.45) is 17.8 Å². The van der Waals surface area contributed by atoms with Crippen molar-refractivity contribution in [3.05, 3.63) is 54.7 Å². The Bertz CT molecular complexity index is 1020. The third-order valence-corrected chi connectivity index (χ3v) is 7.23. The zero-order chi connectivity index (χ0) is 18.7. The highest BCUT2D eigenvalue weighted by atomic mass is 16.2. The van der Waals surface area contributed by atoms with E-state index in [1.54, 1.807) is 0 Å². The predicted molar refractivity (Wildman–Crippen MR) is 104 cm³/mol. The van der Waals surface area contributed by atoms with Gasteiger partial charge < -0.3 is 5.32 Å². The quantitative estimate of drug-likeness (QED) is 0.680. The van der Waals surface area contributed by atoms with Gasteiger partial charge in [0.15, 0.2) is 23.6 Å². The van der Waals surface area contributed by atoms with Crippen LogP contribution >= 0.6 is 0 Å². The monoisotopic (exact) mass is 374 g/mol. The van der Waals surface area contributed by atoms with E-state index in [4.69, 9.17) is 0 Å². The molecular weight excluding hydrogens is 348 g/mol. The van der Waals surface area contributed by atoms with Gasteiger partial charge in [-0.2, -0.15) is 4.40 Å². The van der Waals surface area contributed by atoms with E-state index in [0.717, 1.165) is 53.8 Å². The molecule has 7 rings (SSSR count). The number of hydrogen-bond acceptors (Lipinski definition) is 1. The molecule has 142 valence electrons. The molecule has 0 aliphatic heterocycles. The number of nitrogens with zero attached hydrogens (tertiary/aromatic N) is 1.